The van der Waals surface area contributed by atoms with Crippen LogP contribution in [-0.4, -0.2) is 21.8 Å². The standard InChI is InChI=1S/C25H18F4O4S/c1-24(10-8-14(9-11-24)2-7-21(31)32)33-22-18-6-4-16(30)13-20(18)34-23(22)17-5-3-15(26)12-19(17)25(27,28)29/h2-10,12-13,30H,11H2,1H3,(H,31,32)/b7-2+. The molecule has 0 radical (unpaired) electrons. The maximum atomic E-state index is 13.8. The first-order chi connectivity index (χ1) is 15.9. The average molecular weight is 490 g/mol. The van der Waals surface area contributed by atoms with Gasteiger partial charge in [-0.3, -0.25) is 0 Å². The summed E-state index contributed by atoms with van der Waals surface area (Å²) in [6.07, 6.45) is 3.10. The number of hydrogen-bond donors (Lipinski definition) is 2. The highest BCUT2D eigenvalue weighted by Crippen LogP contribution is 2.50. The first kappa shape index (κ1) is 23.6. The second-order valence-electron chi connectivity index (χ2n) is 7.96. The van der Waals surface area contributed by atoms with E-state index in [1.807, 2.05) is 0 Å². The molecule has 0 aliphatic heterocycles. The second-order valence-corrected chi connectivity index (χ2v) is 9.01. The molecule has 1 aliphatic carbocycles. The maximum Gasteiger partial charge on any atom is 0.417 e. The van der Waals surface area contributed by atoms with Gasteiger partial charge < -0.3 is 14.9 Å². The van der Waals surface area contributed by atoms with Crippen LogP contribution < -0.4 is 4.74 Å². The Balaban J connectivity index is 1.81. The highest BCUT2D eigenvalue weighted by Gasteiger charge is 2.36. The van der Waals surface area contributed by atoms with E-state index in [1.165, 1.54) is 18.2 Å². The van der Waals surface area contributed by atoms with E-state index < -0.39 is 29.1 Å². The molecule has 0 fully saturated rings. The summed E-state index contributed by atoms with van der Waals surface area (Å²) >= 11 is 1.00. The number of aliphatic carboxylic acids is 1. The number of fused-ring (bicyclic) bond motifs is 1. The molecule has 1 aromatic heterocycles. The number of halogens is 4. The molecule has 4 rings (SSSR count). The molecule has 0 bridgehead atoms. The Morgan fingerprint density at radius 1 is 1.21 bits per heavy atom. The lowest BCUT2D eigenvalue weighted by atomic mass is 9.93. The summed E-state index contributed by atoms with van der Waals surface area (Å²) in [7, 11) is 0. The van der Waals surface area contributed by atoms with Crippen LogP contribution in [0.3, 0.4) is 0 Å². The number of thiophene rings is 1. The van der Waals surface area contributed by atoms with Crippen molar-refractivity contribution < 1.29 is 37.3 Å². The number of carboxylic acids is 1. The summed E-state index contributed by atoms with van der Waals surface area (Å²) in [6.45, 7) is 1.75. The summed E-state index contributed by atoms with van der Waals surface area (Å²) in [4.78, 5) is 10.9. The SMILES string of the molecule is CC1(Oc2c(-c3ccc(F)cc3C(F)(F)F)sc3cc(O)ccc23)C=CC(/C=C/C(=O)O)=CC1. The Hall–Kier alpha value is -3.59. The number of aromatic hydroxyl groups is 1. The molecule has 34 heavy (non-hydrogen) atoms. The number of benzene rings is 2. The number of carbonyl (C=O) groups is 1. The van der Waals surface area contributed by atoms with Crippen molar-refractivity contribution in [2.45, 2.75) is 25.1 Å². The normalized spacial score (nSPS) is 18.4. The minimum Gasteiger partial charge on any atom is -0.508 e. The van der Waals surface area contributed by atoms with E-state index in [1.54, 1.807) is 31.2 Å². The topological polar surface area (TPSA) is 66.8 Å². The molecule has 2 N–H and O–H groups in total. The minimum atomic E-state index is -4.80. The van der Waals surface area contributed by atoms with Crippen LogP contribution in [0.5, 0.6) is 11.5 Å². The average Bonchev–Trinajstić information content (AvgIpc) is 3.09. The Kier molecular flexibility index (Phi) is 5.99. The molecule has 0 saturated carbocycles. The van der Waals surface area contributed by atoms with Gasteiger partial charge in [0.15, 0.2) is 0 Å². The van der Waals surface area contributed by atoms with Crippen molar-refractivity contribution in [3.63, 3.8) is 0 Å². The minimum absolute atomic E-state index is 0.0523. The van der Waals surface area contributed by atoms with Crippen molar-refractivity contribution >= 4 is 27.4 Å². The van der Waals surface area contributed by atoms with Crippen molar-refractivity contribution in [1.82, 2.24) is 0 Å². The summed E-state index contributed by atoms with van der Waals surface area (Å²) in [5.41, 5.74) is -1.65. The van der Waals surface area contributed by atoms with Gasteiger partial charge in [0.1, 0.15) is 22.9 Å². The molecule has 1 unspecified atom stereocenters. The van der Waals surface area contributed by atoms with Crippen molar-refractivity contribution in [3.05, 3.63) is 83.7 Å². The zero-order valence-electron chi connectivity index (χ0n) is 17.7. The summed E-state index contributed by atoms with van der Waals surface area (Å²) in [5.74, 6) is -1.96. The van der Waals surface area contributed by atoms with Gasteiger partial charge in [-0.05, 0) is 61.0 Å². The number of phenols is 1. The van der Waals surface area contributed by atoms with Gasteiger partial charge >= 0.3 is 12.1 Å². The molecule has 0 saturated heterocycles. The summed E-state index contributed by atoms with van der Waals surface area (Å²) in [6, 6.07) is 6.89. The molecule has 176 valence electrons. The maximum absolute atomic E-state index is 13.8. The van der Waals surface area contributed by atoms with Crippen LogP contribution in [0.15, 0.2) is 72.4 Å². The fraction of sp³-hybridized carbons (Fsp3) is 0.160. The lowest BCUT2D eigenvalue weighted by molar-refractivity contribution is -0.137. The third-order valence-electron chi connectivity index (χ3n) is 5.28. The van der Waals surface area contributed by atoms with E-state index in [9.17, 15) is 27.5 Å². The predicted molar refractivity (Wildman–Crippen MR) is 122 cm³/mol. The Morgan fingerprint density at radius 3 is 2.62 bits per heavy atom. The quantitative estimate of drug-likeness (QED) is 0.296. The zero-order valence-corrected chi connectivity index (χ0v) is 18.5. The van der Waals surface area contributed by atoms with Gasteiger partial charge in [-0.25, -0.2) is 9.18 Å². The highest BCUT2D eigenvalue weighted by molar-refractivity contribution is 7.22. The van der Waals surface area contributed by atoms with Gasteiger partial charge in [-0.15, -0.1) is 11.3 Å². The van der Waals surface area contributed by atoms with Crippen molar-refractivity contribution in [1.29, 1.82) is 0 Å². The molecule has 1 atom stereocenters. The first-order valence-electron chi connectivity index (χ1n) is 10.1. The number of hydrogen-bond acceptors (Lipinski definition) is 4. The second kappa shape index (κ2) is 8.64. The predicted octanol–water partition coefficient (Wildman–Crippen LogP) is 7.10. The Bertz CT molecular complexity index is 1370. The molecule has 2 aromatic carbocycles. The zero-order chi connectivity index (χ0) is 24.7. The molecular weight excluding hydrogens is 472 g/mol. The van der Waals surface area contributed by atoms with Gasteiger partial charge in [0.25, 0.3) is 0 Å². The van der Waals surface area contributed by atoms with Crippen LogP contribution in [0.1, 0.15) is 18.9 Å². The highest BCUT2D eigenvalue weighted by atomic mass is 32.1. The number of allylic oxidation sites excluding steroid dienone is 3. The molecule has 3 aromatic rings. The van der Waals surface area contributed by atoms with Crippen LogP contribution >= 0.6 is 11.3 Å². The van der Waals surface area contributed by atoms with Crippen LogP contribution in [0, 0.1) is 5.82 Å². The lowest BCUT2D eigenvalue weighted by Crippen LogP contribution is -2.30. The molecule has 1 heterocycles. The van der Waals surface area contributed by atoms with E-state index in [0.717, 1.165) is 29.5 Å². The monoisotopic (exact) mass is 490 g/mol. The van der Waals surface area contributed by atoms with E-state index in [0.29, 0.717) is 28.1 Å². The largest absolute Gasteiger partial charge is 0.508 e. The molecule has 1 aliphatic rings. The fourth-order valence-corrected chi connectivity index (χ4v) is 4.82. The van der Waals surface area contributed by atoms with E-state index in [2.05, 4.69) is 0 Å². The number of rotatable bonds is 5. The number of carboxylic acid groups (broad SMARTS) is 1. The van der Waals surface area contributed by atoms with Gasteiger partial charge in [-0.1, -0.05) is 12.2 Å². The third kappa shape index (κ3) is 4.84. The lowest BCUT2D eigenvalue weighted by Gasteiger charge is -2.29. The third-order valence-corrected chi connectivity index (χ3v) is 6.45. The van der Waals surface area contributed by atoms with Crippen LogP contribution in [0.2, 0.25) is 0 Å². The Morgan fingerprint density at radius 2 is 1.97 bits per heavy atom. The van der Waals surface area contributed by atoms with Crippen molar-refractivity contribution in [3.8, 4) is 21.9 Å². The van der Waals surface area contributed by atoms with Crippen LogP contribution in [0.25, 0.3) is 20.5 Å². The first-order valence-corrected chi connectivity index (χ1v) is 10.9. The van der Waals surface area contributed by atoms with Gasteiger partial charge in [0.05, 0.1) is 10.4 Å². The van der Waals surface area contributed by atoms with Crippen LogP contribution in [0.4, 0.5) is 17.6 Å². The van der Waals surface area contributed by atoms with Crippen molar-refractivity contribution in [2.75, 3.05) is 0 Å². The van der Waals surface area contributed by atoms with Gasteiger partial charge in [-0.2, -0.15) is 13.2 Å². The summed E-state index contributed by atoms with van der Waals surface area (Å²) in [5, 5.41) is 19.2. The van der Waals surface area contributed by atoms with Gasteiger partial charge in [0, 0.05) is 28.1 Å². The van der Waals surface area contributed by atoms with Gasteiger partial charge in [0.2, 0.25) is 0 Å². The van der Waals surface area contributed by atoms with E-state index in [-0.39, 0.29) is 21.9 Å². The van der Waals surface area contributed by atoms with E-state index >= 15 is 0 Å². The Labute approximate surface area is 195 Å². The number of phenolic OH excluding ortho intramolecular Hbond substituents is 1. The smallest absolute Gasteiger partial charge is 0.417 e. The van der Waals surface area contributed by atoms with Crippen molar-refractivity contribution in [2.24, 2.45) is 0 Å². The number of ether oxygens (including phenoxy) is 1. The molecule has 0 spiro atoms. The van der Waals surface area contributed by atoms with Crippen LogP contribution in [-0.2, 0) is 11.0 Å². The molecule has 0 amide bonds. The summed E-state index contributed by atoms with van der Waals surface area (Å²) < 4.78 is 61.8. The molecule has 4 nitrogen and oxygen atoms in total. The number of alkyl halides is 3. The van der Waals surface area contributed by atoms with E-state index in [4.69, 9.17) is 9.84 Å². The molecular formula is C25H18F4O4S. The fourth-order valence-electron chi connectivity index (χ4n) is 3.62. The molecule has 9 heteroatoms.